The number of nitriles is 1. The van der Waals surface area contributed by atoms with Gasteiger partial charge < -0.3 is 15.1 Å². The first-order chi connectivity index (χ1) is 18.0. The average Bonchev–Trinajstić information content (AvgIpc) is 3.68. The van der Waals surface area contributed by atoms with Gasteiger partial charge in [0.15, 0.2) is 5.54 Å². The normalized spacial score (nSPS) is 19.7. The zero-order chi connectivity index (χ0) is 27.5. The van der Waals surface area contributed by atoms with Crippen molar-refractivity contribution in [1.82, 2.24) is 26.0 Å². The van der Waals surface area contributed by atoms with Crippen LogP contribution >= 0.6 is 0 Å². The molecule has 5 rings (SSSR count). The molecular formula is C24H21F4N7O3. The Balaban J connectivity index is 1.44. The van der Waals surface area contributed by atoms with Crippen molar-refractivity contribution in [2.75, 3.05) is 31.6 Å². The molecule has 3 fully saturated rings. The molecule has 14 heteroatoms. The van der Waals surface area contributed by atoms with Crippen molar-refractivity contribution in [1.29, 1.82) is 5.26 Å². The maximum Gasteiger partial charge on any atom is 0.426 e. The molecule has 0 unspecified atom stereocenters. The van der Waals surface area contributed by atoms with Crippen LogP contribution in [0.25, 0.3) is 0 Å². The number of benzene rings is 2. The van der Waals surface area contributed by atoms with Gasteiger partial charge in [0.1, 0.15) is 12.4 Å². The van der Waals surface area contributed by atoms with Gasteiger partial charge in [0.25, 0.3) is 5.91 Å². The fraction of sp³-hybridized carbons (Fsp3) is 0.333. The predicted octanol–water partition coefficient (Wildman–Crippen LogP) is 1.29. The van der Waals surface area contributed by atoms with E-state index in [1.54, 1.807) is 6.07 Å². The summed E-state index contributed by atoms with van der Waals surface area (Å²) in [5, 5.41) is 11.5. The molecule has 0 atom stereocenters. The number of hydrogen-bond acceptors (Lipinski definition) is 6. The highest BCUT2D eigenvalue weighted by Crippen LogP contribution is 2.42. The largest absolute Gasteiger partial charge is 0.426 e. The topological polar surface area (TPSA) is 141 Å². The highest BCUT2D eigenvalue weighted by molar-refractivity contribution is 6.10. The van der Waals surface area contributed by atoms with Crippen molar-refractivity contribution in [3.63, 3.8) is 0 Å². The lowest BCUT2D eigenvalue weighted by atomic mass is 9.83. The number of likely N-dealkylation sites (tertiary alicyclic amines) is 1. The molecule has 2 aromatic carbocycles. The standard InChI is InChI=1S/C24H21F4N7O3/c1-30-21(38)33-12-22(13-33)20(37)34(18-7-4-15(9-29)8-17(18)25)11-19(36)35(22)10-14-2-5-16(6-3-14)23(31-32-23)24(26,27)28/h2-8,31-32H,10-13H2,1H3,(H,30,38). The summed E-state index contributed by atoms with van der Waals surface area (Å²) in [7, 11) is 1.41. The molecule has 38 heavy (non-hydrogen) atoms. The zero-order valence-electron chi connectivity index (χ0n) is 19.9. The van der Waals surface area contributed by atoms with E-state index in [-0.39, 0.29) is 36.4 Å². The van der Waals surface area contributed by atoms with E-state index in [4.69, 9.17) is 5.26 Å². The van der Waals surface area contributed by atoms with Gasteiger partial charge in [0.2, 0.25) is 11.6 Å². The van der Waals surface area contributed by atoms with Crippen LogP contribution in [-0.4, -0.2) is 66.0 Å². The van der Waals surface area contributed by atoms with Crippen LogP contribution in [0.4, 0.5) is 28.0 Å². The molecule has 10 nitrogen and oxygen atoms in total. The van der Waals surface area contributed by atoms with Crippen LogP contribution in [-0.2, 0) is 21.8 Å². The summed E-state index contributed by atoms with van der Waals surface area (Å²) < 4.78 is 54.9. The fourth-order valence-electron chi connectivity index (χ4n) is 4.88. The lowest BCUT2D eigenvalue weighted by Gasteiger charge is -2.57. The van der Waals surface area contributed by atoms with Gasteiger partial charge in [-0.3, -0.25) is 14.5 Å². The second-order valence-corrected chi connectivity index (χ2v) is 9.29. The van der Waals surface area contributed by atoms with E-state index in [2.05, 4.69) is 16.2 Å². The van der Waals surface area contributed by atoms with Crippen LogP contribution in [0.5, 0.6) is 0 Å². The van der Waals surface area contributed by atoms with Crippen molar-refractivity contribution in [2.24, 2.45) is 0 Å². The van der Waals surface area contributed by atoms with Crippen LogP contribution < -0.4 is 21.1 Å². The first-order valence-corrected chi connectivity index (χ1v) is 11.4. The summed E-state index contributed by atoms with van der Waals surface area (Å²) in [5.41, 5.74) is 0.660. The Morgan fingerprint density at radius 1 is 1.13 bits per heavy atom. The Morgan fingerprint density at radius 3 is 2.32 bits per heavy atom. The quantitative estimate of drug-likeness (QED) is 0.401. The van der Waals surface area contributed by atoms with Gasteiger partial charge in [-0.05, 0) is 29.3 Å². The number of urea groups is 1. The Kier molecular flexibility index (Phi) is 5.80. The van der Waals surface area contributed by atoms with Gasteiger partial charge in [-0.25, -0.2) is 20.0 Å². The van der Waals surface area contributed by atoms with Crippen molar-refractivity contribution in [3.05, 3.63) is 65.0 Å². The SMILES string of the molecule is CNC(=O)N1CC2(C1)C(=O)N(c1ccc(C#N)cc1F)CC(=O)N2Cc1ccc(C2(C(F)(F)F)NN2)cc1. The van der Waals surface area contributed by atoms with Gasteiger partial charge in [-0.1, -0.05) is 24.3 Å². The molecule has 2 aromatic rings. The lowest BCUT2D eigenvalue weighted by molar-refractivity contribution is -0.165. The number of nitrogens with zero attached hydrogens (tertiary/aromatic N) is 4. The summed E-state index contributed by atoms with van der Waals surface area (Å²) in [5.74, 6) is -2.00. The number of hydrogen-bond donors (Lipinski definition) is 3. The summed E-state index contributed by atoms with van der Waals surface area (Å²) >= 11 is 0. The molecule has 3 aliphatic heterocycles. The van der Waals surface area contributed by atoms with E-state index < -0.39 is 47.6 Å². The van der Waals surface area contributed by atoms with E-state index in [1.165, 1.54) is 53.2 Å². The van der Waals surface area contributed by atoms with Crippen molar-refractivity contribution in [2.45, 2.75) is 23.9 Å². The second-order valence-electron chi connectivity index (χ2n) is 9.29. The minimum absolute atomic E-state index is 0.0418. The number of carbonyl (C=O) groups excluding carboxylic acids is 3. The number of hydrazine groups is 1. The van der Waals surface area contributed by atoms with E-state index in [0.29, 0.717) is 5.56 Å². The average molecular weight is 531 g/mol. The van der Waals surface area contributed by atoms with E-state index in [0.717, 1.165) is 11.0 Å². The van der Waals surface area contributed by atoms with Crippen LogP contribution in [0.15, 0.2) is 42.5 Å². The van der Waals surface area contributed by atoms with Gasteiger partial charge in [-0.2, -0.15) is 18.4 Å². The third-order valence-corrected chi connectivity index (χ3v) is 7.06. The maximum absolute atomic E-state index is 14.8. The van der Waals surface area contributed by atoms with E-state index in [1.807, 2.05) is 0 Å². The molecule has 198 valence electrons. The molecule has 3 aliphatic rings. The smallest absolute Gasteiger partial charge is 0.341 e. The van der Waals surface area contributed by atoms with E-state index in [9.17, 15) is 31.9 Å². The molecular weight excluding hydrogens is 510 g/mol. The van der Waals surface area contributed by atoms with Crippen molar-refractivity contribution < 1.29 is 31.9 Å². The minimum Gasteiger partial charge on any atom is -0.341 e. The summed E-state index contributed by atoms with van der Waals surface area (Å²) in [6, 6.07) is 10.3. The van der Waals surface area contributed by atoms with Crippen LogP contribution in [0, 0.1) is 17.1 Å². The molecule has 1 spiro atoms. The Bertz CT molecular complexity index is 1360. The number of piperazine rings is 1. The highest BCUT2D eigenvalue weighted by atomic mass is 19.4. The molecule has 0 saturated carbocycles. The minimum atomic E-state index is -4.58. The number of halogens is 4. The second kappa shape index (κ2) is 8.67. The molecule has 0 aromatic heterocycles. The number of anilines is 1. The van der Waals surface area contributed by atoms with Crippen LogP contribution in [0.3, 0.4) is 0 Å². The summed E-state index contributed by atoms with van der Waals surface area (Å²) in [6.07, 6.45) is -4.58. The van der Waals surface area contributed by atoms with Crippen molar-refractivity contribution >= 4 is 23.5 Å². The van der Waals surface area contributed by atoms with Crippen LogP contribution in [0.2, 0.25) is 0 Å². The molecule has 3 heterocycles. The first-order valence-electron chi connectivity index (χ1n) is 11.4. The number of alkyl halides is 3. The van der Waals surface area contributed by atoms with Gasteiger partial charge in [-0.15, -0.1) is 0 Å². The zero-order valence-corrected chi connectivity index (χ0v) is 19.9. The van der Waals surface area contributed by atoms with Gasteiger partial charge in [0, 0.05) is 13.6 Å². The molecule has 4 amide bonds. The molecule has 0 radical (unpaired) electrons. The summed E-state index contributed by atoms with van der Waals surface area (Å²) in [6.45, 7) is -0.925. The molecule has 0 bridgehead atoms. The number of rotatable bonds is 4. The fourth-order valence-corrected chi connectivity index (χ4v) is 4.88. The van der Waals surface area contributed by atoms with Gasteiger partial charge in [0.05, 0.1) is 30.4 Å². The Labute approximate surface area is 213 Å². The lowest BCUT2D eigenvalue weighted by Crippen LogP contribution is -2.81. The molecule has 0 aliphatic carbocycles. The summed E-state index contributed by atoms with van der Waals surface area (Å²) in [4.78, 5) is 42.9. The van der Waals surface area contributed by atoms with Crippen molar-refractivity contribution in [3.8, 4) is 6.07 Å². The molecule has 3 saturated heterocycles. The van der Waals surface area contributed by atoms with Crippen LogP contribution in [0.1, 0.15) is 16.7 Å². The third kappa shape index (κ3) is 3.82. The van der Waals surface area contributed by atoms with Gasteiger partial charge >= 0.3 is 12.2 Å². The Hall–Kier alpha value is -4.22. The number of nitrogens with one attached hydrogen (secondary N) is 3. The number of carbonyl (C=O) groups is 3. The Morgan fingerprint density at radius 2 is 1.79 bits per heavy atom. The maximum atomic E-state index is 14.8. The predicted molar refractivity (Wildman–Crippen MR) is 123 cm³/mol. The van der Waals surface area contributed by atoms with E-state index >= 15 is 0 Å². The highest BCUT2D eigenvalue weighted by Gasteiger charge is 2.65. The first kappa shape index (κ1) is 25.4. The molecule has 3 N–H and O–H groups in total. The number of amides is 4. The third-order valence-electron chi connectivity index (χ3n) is 7.06. The monoisotopic (exact) mass is 531 g/mol.